The first-order valence-electron chi connectivity index (χ1n) is 6.85. The van der Waals surface area contributed by atoms with Gasteiger partial charge in [-0.15, -0.1) is 0 Å². The zero-order chi connectivity index (χ0) is 12.7. The molecule has 0 bridgehead atoms. The molecule has 2 rings (SSSR count). The summed E-state index contributed by atoms with van der Waals surface area (Å²) < 4.78 is 12.1. The Hall–Kier alpha value is -0.120. The van der Waals surface area contributed by atoms with Crippen LogP contribution in [0.5, 0.6) is 0 Å². The van der Waals surface area contributed by atoms with Gasteiger partial charge in [0.05, 0.1) is 17.3 Å². The molecule has 17 heavy (non-hydrogen) atoms. The zero-order valence-electron chi connectivity index (χ0n) is 11.9. The largest absolute Gasteiger partial charge is 0.377 e. The predicted molar refractivity (Wildman–Crippen MR) is 69.2 cm³/mol. The lowest BCUT2D eigenvalue weighted by Crippen LogP contribution is -2.49. The highest BCUT2D eigenvalue weighted by atomic mass is 16.5. The van der Waals surface area contributed by atoms with Crippen LogP contribution in [0.4, 0.5) is 0 Å². The molecule has 0 aromatic heterocycles. The first-order valence-corrected chi connectivity index (χ1v) is 6.85. The predicted octanol–water partition coefficient (Wildman–Crippen LogP) is 2.35. The molecular weight excluding hydrogens is 214 g/mol. The maximum atomic E-state index is 6.20. The van der Waals surface area contributed by atoms with E-state index in [2.05, 4.69) is 33.0 Å². The lowest BCUT2D eigenvalue weighted by Gasteiger charge is -2.35. The van der Waals surface area contributed by atoms with Crippen molar-refractivity contribution in [1.29, 1.82) is 0 Å². The van der Waals surface area contributed by atoms with Crippen LogP contribution in [0.3, 0.4) is 0 Å². The number of hydrogen-bond acceptors (Lipinski definition) is 3. The van der Waals surface area contributed by atoms with Gasteiger partial charge >= 0.3 is 0 Å². The van der Waals surface area contributed by atoms with Crippen LogP contribution in [0.25, 0.3) is 0 Å². The topological polar surface area (TPSA) is 30.5 Å². The van der Waals surface area contributed by atoms with Gasteiger partial charge in [-0.25, -0.2) is 0 Å². The number of nitrogens with one attached hydrogen (secondary N) is 1. The minimum atomic E-state index is -0.0663. The molecule has 0 aromatic carbocycles. The summed E-state index contributed by atoms with van der Waals surface area (Å²) in [6, 6.07) is 0.411. The van der Waals surface area contributed by atoms with Crippen molar-refractivity contribution >= 4 is 0 Å². The van der Waals surface area contributed by atoms with E-state index in [4.69, 9.17) is 9.47 Å². The number of rotatable bonds is 3. The van der Waals surface area contributed by atoms with Gasteiger partial charge < -0.3 is 14.8 Å². The van der Waals surface area contributed by atoms with Gasteiger partial charge in [-0.2, -0.15) is 0 Å². The molecule has 0 spiro atoms. The summed E-state index contributed by atoms with van der Waals surface area (Å²) >= 11 is 0. The Labute approximate surface area is 105 Å². The second-order valence-corrected chi connectivity index (χ2v) is 6.64. The van der Waals surface area contributed by atoms with Crippen molar-refractivity contribution in [3.8, 4) is 0 Å². The highest BCUT2D eigenvalue weighted by Gasteiger charge is 2.50. The third-order valence-electron chi connectivity index (χ3n) is 4.28. The standard InChI is InChI=1S/C14H27NO2/c1-13(2)9-10(14(3,4)17-13)12(15-5)11-7-6-8-16-11/h10-12,15H,6-9H2,1-5H3. The highest BCUT2D eigenvalue weighted by molar-refractivity contribution is 5.01. The van der Waals surface area contributed by atoms with E-state index in [1.165, 1.54) is 12.8 Å². The maximum Gasteiger partial charge on any atom is 0.0732 e. The Kier molecular flexibility index (Phi) is 3.54. The molecule has 2 aliphatic heterocycles. The summed E-state index contributed by atoms with van der Waals surface area (Å²) in [6.45, 7) is 9.73. The summed E-state index contributed by atoms with van der Waals surface area (Å²) in [5.74, 6) is 0.519. The van der Waals surface area contributed by atoms with E-state index in [1.54, 1.807) is 0 Å². The lowest BCUT2D eigenvalue weighted by molar-refractivity contribution is -0.0830. The van der Waals surface area contributed by atoms with Crippen LogP contribution in [0.1, 0.15) is 47.0 Å². The molecule has 0 saturated carbocycles. The summed E-state index contributed by atoms with van der Waals surface area (Å²) in [4.78, 5) is 0. The van der Waals surface area contributed by atoms with Crippen molar-refractivity contribution in [3.05, 3.63) is 0 Å². The molecule has 3 unspecified atom stereocenters. The highest BCUT2D eigenvalue weighted by Crippen LogP contribution is 2.45. The third-order valence-corrected chi connectivity index (χ3v) is 4.28. The molecule has 1 N–H and O–H groups in total. The quantitative estimate of drug-likeness (QED) is 0.822. The first-order chi connectivity index (χ1) is 7.86. The third kappa shape index (κ3) is 2.67. The molecule has 2 aliphatic rings. The maximum absolute atomic E-state index is 6.20. The van der Waals surface area contributed by atoms with E-state index in [0.29, 0.717) is 18.1 Å². The normalized spacial score (nSPS) is 37.2. The van der Waals surface area contributed by atoms with Gasteiger partial charge in [-0.05, 0) is 54.0 Å². The molecule has 0 aromatic rings. The molecule has 0 radical (unpaired) electrons. The summed E-state index contributed by atoms with van der Waals surface area (Å²) in [6.07, 6.45) is 3.84. The summed E-state index contributed by atoms with van der Waals surface area (Å²) in [5, 5.41) is 3.47. The molecule has 100 valence electrons. The minimum Gasteiger partial charge on any atom is -0.377 e. The van der Waals surface area contributed by atoms with Gasteiger partial charge in [0, 0.05) is 18.6 Å². The molecule has 3 nitrogen and oxygen atoms in total. The average Bonchev–Trinajstić information content (AvgIpc) is 2.74. The zero-order valence-corrected chi connectivity index (χ0v) is 11.9. The van der Waals surface area contributed by atoms with E-state index < -0.39 is 0 Å². The van der Waals surface area contributed by atoms with Crippen LogP contribution in [0.15, 0.2) is 0 Å². The number of likely N-dealkylation sites (N-methyl/N-ethyl adjacent to an activating group) is 1. The molecule has 0 amide bonds. The Morgan fingerprint density at radius 3 is 2.35 bits per heavy atom. The van der Waals surface area contributed by atoms with Gasteiger partial charge in [-0.1, -0.05) is 0 Å². The first kappa shape index (κ1) is 13.3. The van der Waals surface area contributed by atoms with Crippen LogP contribution in [0.2, 0.25) is 0 Å². The second kappa shape index (κ2) is 4.52. The fourth-order valence-corrected chi connectivity index (χ4v) is 3.70. The van der Waals surface area contributed by atoms with E-state index in [0.717, 1.165) is 13.0 Å². The Morgan fingerprint density at radius 1 is 1.24 bits per heavy atom. The minimum absolute atomic E-state index is 0.0120. The van der Waals surface area contributed by atoms with Crippen LogP contribution in [-0.4, -0.2) is 37.0 Å². The van der Waals surface area contributed by atoms with Crippen molar-refractivity contribution in [2.45, 2.75) is 70.3 Å². The summed E-state index contributed by atoms with van der Waals surface area (Å²) in [5.41, 5.74) is -0.0784. The monoisotopic (exact) mass is 241 g/mol. The number of hydrogen-bond donors (Lipinski definition) is 1. The Bertz CT molecular complexity index is 269. The van der Waals surface area contributed by atoms with Gasteiger partial charge in [0.2, 0.25) is 0 Å². The Morgan fingerprint density at radius 2 is 1.94 bits per heavy atom. The SMILES string of the molecule is CNC(C1CCCO1)C1CC(C)(C)OC1(C)C. The summed E-state index contributed by atoms with van der Waals surface area (Å²) in [7, 11) is 2.05. The van der Waals surface area contributed by atoms with Crippen LogP contribution < -0.4 is 5.32 Å². The van der Waals surface area contributed by atoms with E-state index in [9.17, 15) is 0 Å². The smallest absolute Gasteiger partial charge is 0.0732 e. The molecule has 2 saturated heterocycles. The molecule has 3 heteroatoms. The van der Waals surface area contributed by atoms with Crippen molar-refractivity contribution in [1.82, 2.24) is 5.32 Å². The second-order valence-electron chi connectivity index (χ2n) is 6.64. The van der Waals surface area contributed by atoms with Gasteiger partial charge in [-0.3, -0.25) is 0 Å². The molecule has 3 atom stereocenters. The molecule has 2 heterocycles. The van der Waals surface area contributed by atoms with Crippen LogP contribution >= 0.6 is 0 Å². The van der Waals surface area contributed by atoms with Crippen LogP contribution in [-0.2, 0) is 9.47 Å². The van der Waals surface area contributed by atoms with Gasteiger partial charge in [0.15, 0.2) is 0 Å². The average molecular weight is 241 g/mol. The van der Waals surface area contributed by atoms with Crippen molar-refractivity contribution in [2.75, 3.05) is 13.7 Å². The molecule has 0 aliphatic carbocycles. The van der Waals surface area contributed by atoms with Crippen molar-refractivity contribution < 1.29 is 9.47 Å². The van der Waals surface area contributed by atoms with Crippen molar-refractivity contribution in [3.63, 3.8) is 0 Å². The van der Waals surface area contributed by atoms with E-state index >= 15 is 0 Å². The fraction of sp³-hybridized carbons (Fsp3) is 1.00. The molecule has 2 fully saturated rings. The number of ether oxygens (including phenoxy) is 2. The Balaban J connectivity index is 2.13. The van der Waals surface area contributed by atoms with Crippen molar-refractivity contribution in [2.24, 2.45) is 5.92 Å². The molecular formula is C14H27NO2. The van der Waals surface area contributed by atoms with Gasteiger partial charge in [0.25, 0.3) is 0 Å². The van der Waals surface area contributed by atoms with Gasteiger partial charge in [0.1, 0.15) is 0 Å². The fourth-order valence-electron chi connectivity index (χ4n) is 3.70. The lowest BCUT2D eigenvalue weighted by atomic mass is 9.79. The van der Waals surface area contributed by atoms with E-state index in [1.807, 2.05) is 7.05 Å². The van der Waals surface area contributed by atoms with Crippen LogP contribution in [0, 0.1) is 5.92 Å². The van der Waals surface area contributed by atoms with E-state index in [-0.39, 0.29) is 11.2 Å².